The van der Waals surface area contributed by atoms with Gasteiger partial charge in [-0.2, -0.15) is 0 Å². The molecule has 0 aromatic carbocycles. The Bertz CT molecular complexity index is 753. The molecule has 142 valence electrons. The second kappa shape index (κ2) is 7.92. The van der Waals surface area contributed by atoms with Crippen LogP contribution in [-0.4, -0.2) is 60.5 Å². The fourth-order valence-corrected chi connectivity index (χ4v) is 3.42. The minimum atomic E-state index is -3.89. The molecule has 12 heteroatoms. The Morgan fingerprint density at radius 3 is 2.40 bits per heavy atom. The molecule has 1 fully saturated rings. The molecule has 11 nitrogen and oxygen atoms in total. The van der Waals surface area contributed by atoms with E-state index in [1.54, 1.807) is 0 Å². The van der Waals surface area contributed by atoms with Gasteiger partial charge in [-0.05, 0) is 0 Å². The standard InChI is InChI=1S/C13H21N2O9P/c1-14-9(17)5-6-15(13(14)18)12-11(20-2)10(8(7-16)23-12)24-25(19,21-3)22-4/h5-6,8,10-12,16H,7H2,1-4H3/t8-,10-,11-,12-/m1/s1. The third-order valence-electron chi connectivity index (χ3n) is 3.93. The normalized spacial score (nSPS) is 26.9. The van der Waals surface area contributed by atoms with E-state index in [-0.39, 0.29) is 0 Å². The summed E-state index contributed by atoms with van der Waals surface area (Å²) in [6, 6.07) is 1.19. The van der Waals surface area contributed by atoms with Crippen LogP contribution in [0.15, 0.2) is 21.9 Å². The highest BCUT2D eigenvalue weighted by Gasteiger charge is 2.50. The number of phosphoric ester groups is 1. The van der Waals surface area contributed by atoms with Crippen molar-refractivity contribution in [1.82, 2.24) is 9.13 Å². The van der Waals surface area contributed by atoms with Crippen molar-refractivity contribution in [3.63, 3.8) is 0 Å². The first-order chi connectivity index (χ1) is 11.8. The molecule has 0 spiro atoms. The van der Waals surface area contributed by atoms with Crippen LogP contribution in [0.1, 0.15) is 6.23 Å². The summed E-state index contributed by atoms with van der Waals surface area (Å²) in [6.07, 6.45) is -2.70. The van der Waals surface area contributed by atoms with Crippen LogP contribution in [0.25, 0.3) is 0 Å². The molecule has 1 N–H and O–H groups in total. The van der Waals surface area contributed by atoms with Gasteiger partial charge in [0.05, 0.1) is 6.61 Å². The zero-order chi connectivity index (χ0) is 18.8. The van der Waals surface area contributed by atoms with Crippen molar-refractivity contribution < 1.29 is 32.7 Å². The van der Waals surface area contributed by atoms with E-state index < -0.39 is 50.2 Å². The number of nitrogens with zero attached hydrogens (tertiary/aromatic N) is 2. The van der Waals surface area contributed by atoms with Gasteiger partial charge in [0.15, 0.2) is 6.23 Å². The SMILES string of the molecule is CO[C@@H]1[C@H](OP(=O)(OC)OC)[C@@H](CO)O[C@H]1n1ccc(=O)n(C)c1=O. The lowest BCUT2D eigenvalue weighted by Crippen LogP contribution is -2.42. The molecule has 1 saturated heterocycles. The molecular formula is C13H21N2O9P. The predicted octanol–water partition coefficient (Wildman–Crippen LogP) is -0.762. The van der Waals surface area contributed by atoms with Gasteiger partial charge in [0.1, 0.15) is 18.3 Å². The smallest absolute Gasteiger partial charge is 0.394 e. The Labute approximate surface area is 143 Å². The number of rotatable bonds is 7. The Morgan fingerprint density at radius 1 is 1.24 bits per heavy atom. The van der Waals surface area contributed by atoms with Crippen LogP contribution >= 0.6 is 7.82 Å². The first-order valence-electron chi connectivity index (χ1n) is 7.29. The first kappa shape index (κ1) is 20.0. The molecule has 0 amide bonds. The molecule has 0 unspecified atom stereocenters. The van der Waals surface area contributed by atoms with E-state index in [1.165, 1.54) is 26.4 Å². The highest BCUT2D eigenvalue weighted by Crippen LogP contribution is 2.51. The molecule has 4 atom stereocenters. The van der Waals surface area contributed by atoms with Crippen molar-refractivity contribution >= 4 is 7.82 Å². The van der Waals surface area contributed by atoms with Gasteiger partial charge in [-0.15, -0.1) is 0 Å². The van der Waals surface area contributed by atoms with E-state index in [1.807, 2.05) is 0 Å². The summed E-state index contributed by atoms with van der Waals surface area (Å²) < 4.78 is 40.1. The summed E-state index contributed by atoms with van der Waals surface area (Å²) >= 11 is 0. The van der Waals surface area contributed by atoms with Crippen molar-refractivity contribution in [1.29, 1.82) is 0 Å². The number of hydrogen-bond donors (Lipinski definition) is 1. The third kappa shape index (κ3) is 3.77. The van der Waals surface area contributed by atoms with E-state index >= 15 is 0 Å². The van der Waals surface area contributed by atoms with Gasteiger partial charge in [-0.25, -0.2) is 9.36 Å². The number of aromatic nitrogens is 2. The second-order valence-electron chi connectivity index (χ2n) is 5.23. The minimum Gasteiger partial charge on any atom is -0.394 e. The molecule has 0 bridgehead atoms. The summed E-state index contributed by atoms with van der Waals surface area (Å²) in [5.74, 6) is 0. The summed E-state index contributed by atoms with van der Waals surface area (Å²) in [5, 5.41) is 9.55. The number of hydrogen-bond acceptors (Lipinski definition) is 9. The monoisotopic (exact) mass is 380 g/mol. The molecule has 1 aliphatic rings. The third-order valence-corrected chi connectivity index (χ3v) is 5.32. The van der Waals surface area contributed by atoms with Gasteiger partial charge < -0.3 is 14.6 Å². The number of aliphatic hydroxyl groups excluding tert-OH is 1. The van der Waals surface area contributed by atoms with E-state index in [9.17, 15) is 19.3 Å². The van der Waals surface area contributed by atoms with Crippen molar-refractivity contribution in [2.45, 2.75) is 24.5 Å². The fourth-order valence-electron chi connectivity index (χ4n) is 2.55. The lowest BCUT2D eigenvalue weighted by molar-refractivity contribution is -0.0630. The molecule has 2 rings (SSSR count). The van der Waals surface area contributed by atoms with Crippen LogP contribution in [0, 0.1) is 0 Å². The fraction of sp³-hybridized carbons (Fsp3) is 0.692. The van der Waals surface area contributed by atoms with Gasteiger partial charge in [0, 0.05) is 40.6 Å². The maximum absolute atomic E-state index is 12.3. The van der Waals surface area contributed by atoms with Crippen molar-refractivity contribution in [3.05, 3.63) is 33.1 Å². The zero-order valence-electron chi connectivity index (χ0n) is 14.2. The summed E-state index contributed by atoms with van der Waals surface area (Å²) in [7, 11) is 1.06. The number of methoxy groups -OCH3 is 1. The van der Waals surface area contributed by atoms with Crippen molar-refractivity contribution in [2.75, 3.05) is 27.9 Å². The van der Waals surface area contributed by atoms with E-state index in [0.29, 0.717) is 0 Å². The van der Waals surface area contributed by atoms with Crippen molar-refractivity contribution in [3.8, 4) is 0 Å². The Kier molecular flexibility index (Phi) is 6.33. The van der Waals surface area contributed by atoms with Crippen LogP contribution in [0.3, 0.4) is 0 Å². The Morgan fingerprint density at radius 2 is 1.88 bits per heavy atom. The highest BCUT2D eigenvalue weighted by atomic mass is 31.2. The average Bonchev–Trinajstić information content (AvgIpc) is 2.96. The summed E-state index contributed by atoms with van der Waals surface area (Å²) in [6.45, 7) is -0.491. The van der Waals surface area contributed by atoms with Gasteiger partial charge in [0.25, 0.3) is 5.56 Å². The summed E-state index contributed by atoms with van der Waals surface area (Å²) in [4.78, 5) is 23.9. The lowest BCUT2D eigenvalue weighted by Gasteiger charge is -2.25. The molecule has 0 radical (unpaired) electrons. The number of phosphoric acid groups is 1. The van der Waals surface area contributed by atoms with Crippen molar-refractivity contribution in [2.24, 2.45) is 7.05 Å². The van der Waals surface area contributed by atoms with Gasteiger partial charge >= 0.3 is 13.5 Å². The first-order valence-corrected chi connectivity index (χ1v) is 8.75. The lowest BCUT2D eigenvalue weighted by atomic mass is 10.1. The maximum atomic E-state index is 12.3. The van der Waals surface area contributed by atoms with Gasteiger partial charge in [0.2, 0.25) is 0 Å². The summed E-state index contributed by atoms with van der Waals surface area (Å²) in [5.41, 5.74) is -1.12. The molecule has 2 heterocycles. The zero-order valence-corrected chi connectivity index (χ0v) is 15.1. The second-order valence-corrected chi connectivity index (χ2v) is 7.07. The molecular weight excluding hydrogens is 359 g/mol. The predicted molar refractivity (Wildman–Crippen MR) is 84.2 cm³/mol. The molecule has 0 aliphatic carbocycles. The van der Waals surface area contributed by atoms with Crippen LogP contribution in [0.2, 0.25) is 0 Å². The number of ether oxygens (including phenoxy) is 2. The van der Waals surface area contributed by atoms with Gasteiger partial charge in [-0.1, -0.05) is 0 Å². The molecule has 1 aliphatic heterocycles. The van der Waals surface area contributed by atoms with E-state index in [2.05, 4.69) is 0 Å². The highest BCUT2D eigenvalue weighted by molar-refractivity contribution is 7.48. The Balaban J connectivity index is 2.42. The van der Waals surface area contributed by atoms with Crippen LogP contribution in [0.4, 0.5) is 0 Å². The topological polar surface area (TPSA) is 127 Å². The molecule has 1 aromatic rings. The number of aliphatic hydroxyl groups is 1. The quantitative estimate of drug-likeness (QED) is 0.607. The van der Waals surface area contributed by atoms with Gasteiger partial charge in [-0.3, -0.25) is 27.5 Å². The minimum absolute atomic E-state index is 0.483. The molecule has 1 aromatic heterocycles. The largest absolute Gasteiger partial charge is 0.474 e. The average molecular weight is 380 g/mol. The van der Waals surface area contributed by atoms with E-state index in [4.69, 9.17) is 23.0 Å². The Hall–Kier alpha value is -1.33. The maximum Gasteiger partial charge on any atom is 0.474 e. The van der Waals surface area contributed by atoms with Crippen LogP contribution < -0.4 is 11.2 Å². The van der Waals surface area contributed by atoms with E-state index in [0.717, 1.165) is 23.4 Å². The molecule has 25 heavy (non-hydrogen) atoms. The molecule has 0 saturated carbocycles. The van der Waals surface area contributed by atoms with Crippen LogP contribution in [-0.2, 0) is 34.7 Å². The van der Waals surface area contributed by atoms with Crippen LogP contribution in [0.5, 0.6) is 0 Å².